The lowest BCUT2D eigenvalue weighted by Crippen LogP contribution is -2.20. The van der Waals surface area contributed by atoms with Crippen LogP contribution in [0.1, 0.15) is 15.9 Å². The van der Waals surface area contributed by atoms with Gasteiger partial charge in [0, 0.05) is 15.7 Å². The minimum absolute atomic E-state index is 0.0129. The molecular weight excluding hydrogens is 569 g/mol. The van der Waals surface area contributed by atoms with Gasteiger partial charge >= 0.3 is 0 Å². The molecule has 0 spiro atoms. The summed E-state index contributed by atoms with van der Waals surface area (Å²) in [5.74, 6) is -0.628. The van der Waals surface area contributed by atoms with Gasteiger partial charge in [-0.1, -0.05) is 40.9 Å². The van der Waals surface area contributed by atoms with Gasteiger partial charge in [0.1, 0.15) is 0 Å². The minimum atomic E-state index is -4.02. The molecule has 4 aromatic rings. The number of sulfonamides is 1. The van der Waals surface area contributed by atoms with Crippen LogP contribution < -0.4 is 14.3 Å². The van der Waals surface area contributed by atoms with Crippen LogP contribution in [0, 0.1) is 6.92 Å². The van der Waals surface area contributed by atoms with Gasteiger partial charge in [0.15, 0.2) is 0 Å². The van der Waals surface area contributed by atoms with E-state index in [0.29, 0.717) is 22.1 Å². The Hall–Kier alpha value is -3.41. The van der Waals surface area contributed by atoms with Crippen LogP contribution in [0.25, 0.3) is 0 Å². The predicted molar refractivity (Wildman–Crippen MR) is 150 cm³/mol. The number of nitrogens with one attached hydrogen (secondary N) is 2. The first kappa shape index (κ1) is 27.6. The molecular formula is C26H20Cl2N3O5S2-. The van der Waals surface area contributed by atoms with E-state index in [-0.39, 0.29) is 21.2 Å². The molecule has 38 heavy (non-hydrogen) atoms. The highest BCUT2D eigenvalue weighted by Crippen LogP contribution is 2.29. The fourth-order valence-corrected chi connectivity index (χ4v) is 5.46. The summed E-state index contributed by atoms with van der Waals surface area (Å²) in [5.41, 5.74) is 2.16. The quantitative estimate of drug-likeness (QED) is 0.234. The SMILES string of the molecule is Cc1ccc(N(c2ccc(NC(=O)c3cc(Cl)ccc3NS(=O)(=O)c3ccc(Cl)cc3)cc2)S(=O)[O-])cc1. The zero-order chi connectivity index (χ0) is 27.4. The molecule has 2 N–H and O–H groups in total. The van der Waals surface area contributed by atoms with Crippen molar-refractivity contribution >= 4 is 73.1 Å². The highest BCUT2D eigenvalue weighted by atomic mass is 35.5. The monoisotopic (exact) mass is 588 g/mol. The van der Waals surface area contributed by atoms with E-state index in [2.05, 4.69) is 10.0 Å². The molecule has 0 radical (unpaired) electrons. The zero-order valence-corrected chi connectivity index (χ0v) is 22.9. The number of carbonyl (C=O) groups is 1. The van der Waals surface area contributed by atoms with Crippen molar-refractivity contribution in [3.8, 4) is 0 Å². The lowest BCUT2D eigenvalue weighted by molar-refractivity contribution is 0.102. The summed E-state index contributed by atoms with van der Waals surface area (Å²) < 4.78 is 53.1. The summed E-state index contributed by atoms with van der Waals surface area (Å²) in [4.78, 5) is 13.1. The van der Waals surface area contributed by atoms with Crippen molar-refractivity contribution < 1.29 is 22.0 Å². The van der Waals surface area contributed by atoms with Crippen LogP contribution in [-0.2, 0) is 21.3 Å². The molecule has 0 fully saturated rings. The van der Waals surface area contributed by atoms with Crippen LogP contribution >= 0.6 is 23.2 Å². The Balaban J connectivity index is 1.56. The smallest absolute Gasteiger partial charge is 0.261 e. The van der Waals surface area contributed by atoms with Crippen LogP contribution in [0.15, 0.2) is 95.9 Å². The van der Waals surface area contributed by atoms with Crippen molar-refractivity contribution in [1.29, 1.82) is 0 Å². The van der Waals surface area contributed by atoms with Gasteiger partial charge in [-0.25, -0.2) is 8.42 Å². The Morgan fingerprint density at radius 1 is 0.842 bits per heavy atom. The Bertz CT molecular complexity index is 1600. The van der Waals surface area contributed by atoms with E-state index >= 15 is 0 Å². The second-order valence-corrected chi connectivity index (χ2v) is 11.5. The van der Waals surface area contributed by atoms with E-state index in [0.717, 1.165) is 9.87 Å². The van der Waals surface area contributed by atoms with E-state index in [4.69, 9.17) is 23.2 Å². The normalized spacial score (nSPS) is 12.0. The number of halogens is 2. The van der Waals surface area contributed by atoms with E-state index < -0.39 is 27.2 Å². The molecule has 0 saturated heterocycles. The molecule has 1 amide bonds. The highest BCUT2D eigenvalue weighted by molar-refractivity contribution is 7.92. The number of hydrogen-bond acceptors (Lipinski definition) is 5. The van der Waals surface area contributed by atoms with Crippen molar-refractivity contribution in [2.45, 2.75) is 11.8 Å². The van der Waals surface area contributed by atoms with Crippen LogP contribution in [0.4, 0.5) is 22.7 Å². The Morgan fingerprint density at radius 2 is 1.39 bits per heavy atom. The van der Waals surface area contributed by atoms with E-state index in [9.17, 15) is 22.0 Å². The topological polar surface area (TPSA) is 119 Å². The van der Waals surface area contributed by atoms with Crippen LogP contribution in [-0.4, -0.2) is 23.1 Å². The zero-order valence-electron chi connectivity index (χ0n) is 19.7. The second-order valence-electron chi connectivity index (χ2n) is 8.10. The van der Waals surface area contributed by atoms with Crippen molar-refractivity contribution in [2.24, 2.45) is 0 Å². The standard InChI is InChI=1S/C26H21Cl2N3O5S2/c1-17-2-9-21(10-3-17)31(37(33)34)22-11-7-20(8-12-22)29-26(32)24-16-19(28)6-15-25(24)30-38(35,36)23-13-4-18(27)5-14-23/h2-16,30H,1H3,(H,29,32)(H,33,34)/p-1. The van der Waals surface area contributed by atoms with Gasteiger partial charge in [0.2, 0.25) is 0 Å². The fraction of sp³-hybridized carbons (Fsp3) is 0.0385. The van der Waals surface area contributed by atoms with Crippen LogP contribution in [0.5, 0.6) is 0 Å². The molecule has 1 unspecified atom stereocenters. The molecule has 0 aromatic heterocycles. The molecule has 0 aliphatic carbocycles. The number of nitrogens with zero attached hydrogens (tertiary/aromatic N) is 1. The minimum Gasteiger partial charge on any atom is -0.755 e. The third-order valence-corrected chi connectivity index (χ3v) is 7.96. The maximum Gasteiger partial charge on any atom is 0.261 e. The first-order valence-electron chi connectivity index (χ1n) is 11.0. The first-order chi connectivity index (χ1) is 18.0. The van der Waals surface area contributed by atoms with Gasteiger partial charge in [-0.2, -0.15) is 0 Å². The number of carbonyl (C=O) groups excluding carboxylic acids is 1. The molecule has 0 aliphatic rings. The molecule has 0 heterocycles. The van der Waals surface area contributed by atoms with E-state index in [1.165, 1.54) is 66.7 Å². The average molecular weight is 590 g/mol. The van der Waals surface area contributed by atoms with Crippen molar-refractivity contribution in [1.82, 2.24) is 0 Å². The maximum absolute atomic E-state index is 13.1. The Kier molecular flexibility index (Phi) is 8.39. The van der Waals surface area contributed by atoms with Gasteiger partial charge in [-0.3, -0.25) is 18.0 Å². The Morgan fingerprint density at radius 3 is 1.97 bits per heavy atom. The van der Waals surface area contributed by atoms with Gasteiger partial charge < -0.3 is 9.87 Å². The number of amides is 1. The number of rotatable bonds is 8. The lowest BCUT2D eigenvalue weighted by atomic mass is 10.1. The van der Waals surface area contributed by atoms with E-state index in [1.807, 2.05) is 6.92 Å². The van der Waals surface area contributed by atoms with Crippen LogP contribution in [0.2, 0.25) is 10.0 Å². The maximum atomic E-state index is 13.1. The number of benzene rings is 4. The summed E-state index contributed by atoms with van der Waals surface area (Å²) >= 11 is 9.35. The third-order valence-electron chi connectivity index (χ3n) is 5.37. The number of aryl methyl sites for hydroxylation is 1. The third kappa shape index (κ3) is 6.53. The molecule has 0 bridgehead atoms. The van der Waals surface area contributed by atoms with Gasteiger partial charge in [0.05, 0.1) is 38.8 Å². The number of hydrogen-bond donors (Lipinski definition) is 2. The lowest BCUT2D eigenvalue weighted by Gasteiger charge is -2.26. The predicted octanol–water partition coefficient (Wildman–Crippen LogP) is 6.29. The summed E-state index contributed by atoms with van der Waals surface area (Å²) in [7, 11) is -4.02. The van der Waals surface area contributed by atoms with E-state index in [1.54, 1.807) is 24.3 Å². The average Bonchev–Trinajstić information content (AvgIpc) is 2.87. The van der Waals surface area contributed by atoms with Crippen molar-refractivity contribution in [2.75, 3.05) is 14.3 Å². The van der Waals surface area contributed by atoms with Gasteiger partial charge in [0.25, 0.3) is 15.9 Å². The van der Waals surface area contributed by atoms with Gasteiger partial charge in [-0.15, -0.1) is 0 Å². The summed E-state index contributed by atoms with van der Waals surface area (Å²) in [6.07, 6.45) is 0. The molecule has 0 saturated carbocycles. The Labute approximate surface area is 232 Å². The van der Waals surface area contributed by atoms with Crippen LogP contribution in [0.3, 0.4) is 0 Å². The highest BCUT2D eigenvalue weighted by Gasteiger charge is 2.20. The van der Waals surface area contributed by atoms with Crippen molar-refractivity contribution in [3.05, 3.63) is 112 Å². The largest absolute Gasteiger partial charge is 0.755 e. The summed E-state index contributed by atoms with van der Waals surface area (Å²) in [6.45, 7) is 1.90. The number of anilines is 4. The molecule has 8 nitrogen and oxygen atoms in total. The van der Waals surface area contributed by atoms with Crippen molar-refractivity contribution in [3.63, 3.8) is 0 Å². The molecule has 0 aliphatic heterocycles. The fourth-order valence-electron chi connectivity index (χ4n) is 3.49. The molecule has 4 aromatic carbocycles. The molecule has 196 valence electrons. The molecule has 1 atom stereocenters. The first-order valence-corrected chi connectivity index (χ1v) is 14.3. The summed E-state index contributed by atoms with van der Waals surface area (Å²) in [5, 5.41) is 3.29. The summed E-state index contributed by atoms with van der Waals surface area (Å²) in [6, 6.07) is 22.9. The molecule has 4 rings (SSSR count). The second kappa shape index (κ2) is 11.5. The molecule has 12 heteroatoms. The van der Waals surface area contributed by atoms with Gasteiger partial charge in [-0.05, 0) is 85.8 Å².